The fraction of sp³-hybridized carbons (Fsp3) is 0.592. The Morgan fingerprint density at radius 2 is 1.45 bits per heavy atom. The highest BCUT2D eigenvalue weighted by atomic mass is 31.2. The first-order chi connectivity index (χ1) is 31.1. The van der Waals surface area contributed by atoms with E-state index in [1.165, 1.54) is 114 Å². The number of ether oxygens (including phenoxy) is 2. The van der Waals surface area contributed by atoms with Gasteiger partial charge in [-0.1, -0.05) is 183 Å². The summed E-state index contributed by atoms with van der Waals surface area (Å²) in [5, 5.41) is 14.1. The number of halogens is 1. The molecule has 1 aliphatic rings. The third-order valence-corrected chi connectivity index (χ3v) is 13.4. The van der Waals surface area contributed by atoms with E-state index in [0.29, 0.717) is 6.42 Å². The van der Waals surface area contributed by atoms with Gasteiger partial charge in [0.05, 0.1) is 12.9 Å². The summed E-state index contributed by atoms with van der Waals surface area (Å²) in [6.45, 7) is 1.86. The van der Waals surface area contributed by atoms with Gasteiger partial charge in [0.25, 0.3) is 0 Å². The second-order valence-corrected chi connectivity index (χ2v) is 18.7. The third-order valence-electron chi connectivity index (χ3n) is 11.8. The van der Waals surface area contributed by atoms with Crippen LogP contribution in [0.1, 0.15) is 154 Å². The molecule has 2 aromatic heterocycles. The molecule has 0 radical (unpaired) electrons. The van der Waals surface area contributed by atoms with E-state index < -0.39 is 50.4 Å². The Labute approximate surface area is 379 Å². The number of imidazole rings is 1. The van der Waals surface area contributed by atoms with Gasteiger partial charge in [-0.25, -0.2) is 9.55 Å². The molecule has 15 heteroatoms. The summed E-state index contributed by atoms with van der Waals surface area (Å²) in [6, 6.07) is 16.4. The van der Waals surface area contributed by atoms with Crippen molar-refractivity contribution in [1.82, 2.24) is 24.6 Å². The van der Waals surface area contributed by atoms with Crippen molar-refractivity contribution in [3.8, 4) is 18.1 Å². The molecule has 1 aliphatic heterocycles. The Balaban J connectivity index is 1.08. The SMILES string of the molecule is C#C[C@]1(CO[P@](=O)(N[C@@H](Cc2ccccc2)C(=O)OCCCCCCCCCCCCCCCCCCCCCC)Oc2ccccc2)O[C@@H](n2cnc3c(N)nc(F)nc32)C[C@@H]1O. The molecule has 64 heavy (non-hydrogen) atoms. The zero-order chi connectivity index (χ0) is 45.5. The van der Waals surface area contributed by atoms with Gasteiger partial charge in [-0.2, -0.15) is 19.4 Å². The number of rotatable bonds is 32. The molecule has 0 saturated carbocycles. The lowest BCUT2D eigenvalue weighted by Gasteiger charge is -2.30. The molecular formula is C49H70FN6O7P. The number of terminal acetylenes is 1. The van der Waals surface area contributed by atoms with Crippen LogP contribution in [0.4, 0.5) is 10.2 Å². The van der Waals surface area contributed by atoms with Crippen molar-refractivity contribution in [2.75, 3.05) is 18.9 Å². The molecule has 0 aliphatic carbocycles. The van der Waals surface area contributed by atoms with Crippen LogP contribution in [0.3, 0.4) is 0 Å². The molecule has 4 N–H and O–H groups in total. The maximum absolute atomic E-state index is 14.8. The first-order valence-electron chi connectivity index (χ1n) is 23.6. The van der Waals surface area contributed by atoms with Crippen LogP contribution in [0.25, 0.3) is 11.2 Å². The highest BCUT2D eigenvalue weighted by Crippen LogP contribution is 2.48. The van der Waals surface area contributed by atoms with E-state index in [1.54, 1.807) is 30.3 Å². The van der Waals surface area contributed by atoms with E-state index in [9.17, 15) is 18.9 Å². The Hall–Kier alpha value is -4.38. The number of hydrogen-bond acceptors (Lipinski definition) is 11. The van der Waals surface area contributed by atoms with Crippen LogP contribution in [0.2, 0.25) is 0 Å². The Kier molecular flexibility index (Phi) is 21.5. The Morgan fingerprint density at radius 3 is 2.02 bits per heavy atom. The number of carbonyl (C=O) groups excluding carboxylic acids is 1. The Morgan fingerprint density at radius 1 is 0.906 bits per heavy atom. The van der Waals surface area contributed by atoms with E-state index in [2.05, 4.69) is 32.9 Å². The molecule has 0 bridgehead atoms. The first kappa shape index (κ1) is 50.6. The second kappa shape index (κ2) is 27.2. The van der Waals surface area contributed by atoms with Crippen molar-refractivity contribution >= 4 is 30.7 Å². The summed E-state index contributed by atoms with van der Waals surface area (Å²) >= 11 is 0. The van der Waals surface area contributed by atoms with E-state index in [4.69, 9.17) is 30.7 Å². The third kappa shape index (κ3) is 16.2. The summed E-state index contributed by atoms with van der Waals surface area (Å²) in [4.78, 5) is 25.3. The molecule has 13 nitrogen and oxygen atoms in total. The van der Waals surface area contributed by atoms with Gasteiger partial charge in [0.1, 0.15) is 30.7 Å². The smallest absolute Gasteiger partial charge is 0.459 e. The number of aliphatic hydroxyl groups excluding tert-OH is 1. The molecule has 0 amide bonds. The number of benzene rings is 2. The number of aromatic nitrogens is 4. The lowest BCUT2D eigenvalue weighted by molar-refractivity contribution is -0.146. The molecule has 0 spiro atoms. The number of nitrogen functional groups attached to an aromatic ring is 1. The van der Waals surface area contributed by atoms with Crippen LogP contribution in [0.15, 0.2) is 67.0 Å². The topological polar surface area (TPSA) is 173 Å². The number of nitrogens with zero attached hydrogens (tertiary/aromatic N) is 4. The zero-order valence-electron chi connectivity index (χ0n) is 37.7. The molecule has 1 saturated heterocycles. The van der Waals surface area contributed by atoms with Crippen molar-refractivity contribution in [3.63, 3.8) is 0 Å². The average Bonchev–Trinajstić information content (AvgIpc) is 3.87. The first-order valence-corrected chi connectivity index (χ1v) is 25.2. The van der Waals surface area contributed by atoms with E-state index >= 15 is 0 Å². The number of anilines is 1. The lowest BCUT2D eigenvalue weighted by Crippen LogP contribution is -2.44. The van der Waals surface area contributed by atoms with E-state index in [-0.39, 0.29) is 42.2 Å². The number of esters is 1. The number of nitrogens with two attached hydrogens (primary N) is 1. The molecule has 0 unspecified atom stereocenters. The molecule has 3 heterocycles. The number of hydrogen-bond donors (Lipinski definition) is 3. The summed E-state index contributed by atoms with van der Waals surface area (Å²) in [5.74, 6) is 1.87. The predicted molar refractivity (Wildman–Crippen MR) is 249 cm³/mol. The standard InChI is InChI=1S/C49H70FN6O7P/c1-3-5-6-7-8-9-10-11-12-13-14-15-16-17-18-19-20-21-22-29-34-60-47(58)41(35-39-30-25-23-26-31-39)55-64(59,63-40-32-27-24-28-33-40)61-37-49(4-2)42(57)36-43(62-49)56-38-52-44-45(51)53-48(50)54-46(44)56/h2,23-28,30-33,38,41-43,57H,3,5-22,29,34-37H2,1H3,(H,55,59)(H2,51,53,54)/t41-,42-,43+,49+,64+/m0/s1. The number of aliphatic hydroxyl groups is 1. The molecule has 5 atom stereocenters. The van der Waals surface area contributed by atoms with Gasteiger partial charge in [-0.15, -0.1) is 6.42 Å². The fourth-order valence-electron chi connectivity index (χ4n) is 8.09. The summed E-state index contributed by atoms with van der Waals surface area (Å²) < 4.78 is 54.2. The van der Waals surface area contributed by atoms with E-state index in [0.717, 1.165) is 24.8 Å². The largest absolute Gasteiger partial charge is 0.465 e. The minimum absolute atomic E-state index is 0.0355. The van der Waals surface area contributed by atoms with Crippen molar-refractivity contribution < 1.29 is 37.4 Å². The van der Waals surface area contributed by atoms with Crippen LogP contribution in [0, 0.1) is 18.4 Å². The maximum atomic E-state index is 14.8. The molecule has 1 fully saturated rings. The second-order valence-electron chi connectivity index (χ2n) is 17.0. The molecular weight excluding hydrogens is 835 g/mol. The number of nitrogens with one attached hydrogen (secondary N) is 1. The van der Waals surface area contributed by atoms with Crippen LogP contribution >= 0.6 is 7.75 Å². The van der Waals surface area contributed by atoms with Crippen LogP contribution in [0.5, 0.6) is 5.75 Å². The molecule has 2 aromatic carbocycles. The quantitative estimate of drug-likeness (QED) is 0.0139. The van der Waals surface area contributed by atoms with Gasteiger partial charge < -0.3 is 24.8 Å². The maximum Gasteiger partial charge on any atom is 0.459 e. The lowest BCUT2D eigenvalue weighted by atomic mass is 9.99. The molecule has 4 aromatic rings. The number of para-hydroxylation sites is 1. The van der Waals surface area contributed by atoms with Gasteiger partial charge in [0.15, 0.2) is 22.6 Å². The Bertz CT molecular complexity index is 2050. The van der Waals surface area contributed by atoms with Crippen molar-refractivity contribution in [1.29, 1.82) is 0 Å². The predicted octanol–water partition coefficient (Wildman–Crippen LogP) is 11.0. The highest BCUT2D eigenvalue weighted by molar-refractivity contribution is 7.52. The van der Waals surface area contributed by atoms with Crippen molar-refractivity contribution in [2.45, 2.75) is 172 Å². The minimum atomic E-state index is -4.48. The number of carbonyl (C=O) groups is 1. The van der Waals surface area contributed by atoms with Gasteiger partial charge >= 0.3 is 19.8 Å². The summed E-state index contributed by atoms with van der Waals surface area (Å²) in [5.41, 5.74) is 4.96. The van der Waals surface area contributed by atoms with Crippen LogP contribution < -0.4 is 15.3 Å². The van der Waals surface area contributed by atoms with Gasteiger partial charge in [-0.05, 0) is 30.5 Å². The fourth-order valence-corrected chi connectivity index (χ4v) is 9.61. The number of fused-ring (bicyclic) bond motifs is 1. The van der Waals surface area contributed by atoms with Crippen LogP contribution in [-0.2, 0) is 29.8 Å². The van der Waals surface area contributed by atoms with Crippen molar-refractivity contribution in [3.05, 3.63) is 78.6 Å². The monoisotopic (exact) mass is 905 g/mol. The molecule has 5 rings (SSSR count). The zero-order valence-corrected chi connectivity index (χ0v) is 38.6. The van der Waals surface area contributed by atoms with Gasteiger partial charge in [0.2, 0.25) is 0 Å². The van der Waals surface area contributed by atoms with Gasteiger partial charge in [0, 0.05) is 6.42 Å². The molecule has 350 valence electrons. The normalized spacial score (nSPS) is 18.7. The average molecular weight is 905 g/mol. The minimum Gasteiger partial charge on any atom is -0.465 e. The van der Waals surface area contributed by atoms with Crippen LogP contribution in [-0.4, -0.2) is 61.6 Å². The van der Waals surface area contributed by atoms with Crippen molar-refractivity contribution in [2.24, 2.45) is 0 Å². The number of unbranched alkanes of at least 4 members (excludes halogenated alkanes) is 19. The summed E-state index contributed by atoms with van der Waals surface area (Å²) in [6.07, 6.45) is 29.5. The summed E-state index contributed by atoms with van der Waals surface area (Å²) in [7, 11) is -4.48. The highest BCUT2D eigenvalue weighted by Gasteiger charge is 2.50. The van der Waals surface area contributed by atoms with Gasteiger partial charge in [-0.3, -0.25) is 13.9 Å². The van der Waals surface area contributed by atoms with E-state index in [1.807, 2.05) is 30.3 Å².